The van der Waals surface area contributed by atoms with Crippen molar-refractivity contribution in [3.05, 3.63) is 29.8 Å². The Hall–Kier alpha value is -1.06. The van der Waals surface area contributed by atoms with Gasteiger partial charge in [-0.15, -0.1) is 0 Å². The molecule has 0 spiro atoms. The minimum atomic E-state index is 0.498. The molecule has 1 N–H and O–H groups in total. The summed E-state index contributed by atoms with van der Waals surface area (Å²) in [5.74, 6) is 1.74. The van der Waals surface area contributed by atoms with Crippen molar-refractivity contribution in [2.45, 2.75) is 38.3 Å². The van der Waals surface area contributed by atoms with Gasteiger partial charge in [0.15, 0.2) is 0 Å². The first-order chi connectivity index (χ1) is 9.60. The minimum Gasteiger partial charge on any atom is -0.497 e. The van der Waals surface area contributed by atoms with Crippen LogP contribution in [0.4, 0.5) is 0 Å². The van der Waals surface area contributed by atoms with Gasteiger partial charge < -0.3 is 15.0 Å². The van der Waals surface area contributed by atoms with E-state index in [1.807, 2.05) is 0 Å². The quantitative estimate of drug-likeness (QED) is 0.789. The van der Waals surface area contributed by atoms with E-state index in [2.05, 4.69) is 55.5 Å². The summed E-state index contributed by atoms with van der Waals surface area (Å²) in [7, 11) is 5.98. The van der Waals surface area contributed by atoms with Crippen LogP contribution in [0.3, 0.4) is 0 Å². The van der Waals surface area contributed by atoms with Gasteiger partial charge in [-0.3, -0.25) is 0 Å². The number of benzene rings is 1. The van der Waals surface area contributed by atoms with Crippen LogP contribution in [0.2, 0.25) is 0 Å². The Kier molecular flexibility index (Phi) is 5.44. The predicted molar refractivity (Wildman–Crippen MR) is 84.2 cm³/mol. The summed E-state index contributed by atoms with van der Waals surface area (Å²) in [6.45, 7) is 3.43. The fourth-order valence-electron chi connectivity index (χ4n) is 2.59. The molecule has 1 aromatic carbocycles. The van der Waals surface area contributed by atoms with Crippen LogP contribution in [0.5, 0.6) is 5.75 Å². The molecule has 2 unspecified atom stereocenters. The van der Waals surface area contributed by atoms with E-state index in [0.717, 1.165) is 18.2 Å². The Morgan fingerprint density at radius 1 is 1.25 bits per heavy atom. The summed E-state index contributed by atoms with van der Waals surface area (Å²) >= 11 is 0. The van der Waals surface area contributed by atoms with Crippen LogP contribution in [-0.2, 0) is 0 Å². The average molecular weight is 276 g/mol. The molecule has 2 atom stereocenters. The lowest BCUT2D eigenvalue weighted by molar-refractivity contribution is 0.340. The fourth-order valence-corrected chi connectivity index (χ4v) is 2.59. The minimum absolute atomic E-state index is 0.498. The molecule has 20 heavy (non-hydrogen) atoms. The second-order valence-corrected chi connectivity index (χ2v) is 6.25. The molecular weight excluding hydrogens is 248 g/mol. The summed E-state index contributed by atoms with van der Waals surface area (Å²) in [6, 6.07) is 9.58. The number of ether oxygens (including phenoxy) is 1. The molecule has 0 bridgehead atoms. The zero-order chi connectivity index (χ0) is 14.5. The Morgan fingerprint density at radius 2 is 1.90 bits per heavy atom. The molecule has 3 nitrogen and oxygen atoms in total. The van der Waals surface area contributed by atoms with Crippen molar-refractivity contribution in [1.29, 1.82) is 0 Å². The van der Waals surface area contributed by atoms with Crippen molar-refractivity contribution >= 4 is 0 Å². The number of nitrogens with zero attached hydrogens (tertiary/aromatic N) is 1. The third kappa shape index (κ3) is 4.50. The number of nitrogens with one attached hydrogen (secondary N) is 1. The van der Waals surface area contributed by atoms with E-state index in [-0.39, 0.29) is 0 Å². The van der Waals surface area contributed by atoms with Crippen molar-refractivity contribution in [3.63, 3.8) is 0 Å². The van der Waals surface area contributed by atoms with Crippen LogP contribution in [-0.4, -0.2) is 38.7 Å². The van der Waals surface area contributed by atoms with Gasteiger partial charge >= 0.3 is 0 Å². The second-order valence-electron chi connectivity index (χ2n) is 6.25. The Morgan fingerprint density at radius 3 is 2.40 bits per heavy atom. The number of methoxy groups -OCH3 is 1. The highest BCUT2D eigenvalue weighted by Gasteiger charge is 2.32. The Labute approximate surface area is 123 Å². The second kappa shape index (κ2) is 7.09. The Bertz CT molecular complexity index is 398. The van der Waals surface area contributed by atoms with E-state index in [4.69, 9.17) is 4.74 Å². The molecule has 1 fully saturated rings. The van der Waals surface area contributed by atoms with Crippen LogP contribution in [0, 0.1) is 5.92 Å². The molecule has 0 heterocycles. The molecule has 0 radical (unpaired) electrons. The zero-order valence-electron chi connectivity index (χ0n) is 13.2. The van der Waals surface area contributed by atoms with E-state index in [1.54, 1.807) is 7.11 Å². The van der Waals surface area contributed by atoms with Gasteiger partial charge in [-0.05, 0) is 70.4 Å². The van der Waals surface area contributed by atoms with Crippen molar-refractivity contribution in [1.82, 2.24) is 10.2 Å². The highest BCUT2D eigenvalue weighted by molar-refractivity contribution is 5.30. The summed E-state index contributed by atoms with van der Waals surface area (Å²) < 4.78 is 5.25. The largest absolute Gasteiger partial charge is 0.497 e. The fraction of sp³-hybridized carbons (Fsp3) is 0.647. The molecule has 0 saturated heterocycles. The maximum atomic E-state index is 5.25. The van der Waals surface area contributed by atoms with Crippen molar-refractivity contribution in [2.24, 2.45) is 5.92 Å². The topological polar surface area (TPSA) is 24.5 Å². The highest BCUT2D eigenvalue weighted by Crippen LogP contribution is 2.41. The maximum Gasteiger partial charge on any atom is 0.118 e. The van der Waals surface area contributed by atoms with Gasteiger partial charge in [0.05, 0.1) is 7.11 Å². The third-order valence-electron chi connectivity index (χ3n) is 4.04. The first-order valence-electron chi connectivity index (χ1n) is 7.65. The third-order valence-corrected chi connectivity index (χ3v) is 4.04. The summed E-state index contributed by atoms with van der Waals surface area (Å²) in [5.41, 5.74) is 1.39. The standard InChI is InChI=1S/C17H28N2O/c1-13(11-12-19(2)3)18-17(14-5-6-14)15-7-9-16(20-4)10-8-15/h7-10,13-14,17-18H,5-6,11-12H2,1-4H3. The van der Waals surface area contributed by atoms with E-state index >= 15 is 0 Å². The number of hydrogen-bond acceptors (Lipinski definition) is 3. The molecule has 0 aromatic heterocycles. The lowest BCUT2D eigenvalue weighted by Gasteiger charge is -2.25. The van der Waals surface area contributed by atoms with Crippen LogP contribution in [0.15, 0.2) is 24.3 Å². The molecule has 0 amide bonds. The van der Waals surface area contributed by atoms with Gasteiger partial charge in [-0.1, -0.05) is 12.1 Å². The van der Waals surface area contributed by atoms with E-state index < -0.39 is 0 Å². The van der Waals surface area contributed by atoms with Crippen molar-refractivity contribution in [2.75, 3.05) is 27.7 Å². The lowest BCUT2D eigenvalue weighted by atomic mass is 10.0. The van der Waals surface area contributed by atoms with Crippen molar-refractivity contribution < 1.29 is 4.74 Å². The first-order valence-corrected chi connectivity index (χ1v) is 7.65. The summed E-state index contributed by atoms with van der Waals surface area (Å²) in [5, 5.41) is 3.82. The highest BCUT2D eigenvalue weighted by atomic mass is 16.5. The van der Waals surface area contributed by atoms with Crippen LogP contribution in [0.1, 0.15) is 37.8 Å². The molecule has 3 heteroatoms. The molecule has 112 valence electrons. The van der Waals surface area contributed by atoms with E-state index in [1.165, 1.54) is 24.8 Å². The summed E-state index contributed by atoms with van der Waals surface area (Å²) in [6.07, 6.45) is 3.89. The van der Waals surface area contributed by atoms with Gasteiger partial charge in [0.25, 0.3) is 0 Å². The molecule has 0 aliphatic heterocycles. The van der Waals surface area contributed by atoms with Gasteiger partial charge in [-0.25, -0.2) is 0 Å². The SMILES string of the molecule is COc1ccc(C(NC(C)CCN(C)C)C2CC2)cc1. The van der Waals surface area contributed by atoms with Crippen molar-refractivity contribution in [3.8, 4) is 5.75 Å². The number of hydrogen-bond donors (Lipinski definition) is 1. The Balaban J connectivity index is 1.95. The molecule has 1 aromatic rings. The molecular formula is C17H28N2O. The monoisotopic (exact) mass is 276 g/mol. The molecule has 1 saturated carbocycles. The predicted octanol–water partition coefficient (Wildman–Crippen LogP) is 3.08. The van der Waals surface area contributed by atoms with Gasteiger partial charge in [0, 0.05) is 12.1 Å². The normalized spacial score (nSPS) is 18.1. The van der Waals surface area contributed by atoms with E-state index in [9.17, 15) is 0 Å². The van der Waals surface area contributed by atoms with Crippen LogP contribution >= 0.6 is 0 Å². The molecule has 2 rings (SSSR count). The average Bonchev–Trinajstić information content (AvgIpc) is 3.27. The van der Waals surface area contributed by atoms with Crippen LogP contribution in [0.25, 0.3) is 0 Å². The molecule has 1 aliphatic carbocycles. The lowest BCUT2D eigenvalue weighted by Crippen LogP contribution is -2.34. The smallest absolute Gasteiger partial charge is 0.118 e. The van der Waals surface area contributed by atoms with E-state index in [0.29, 0.717) is 12.1 Å². The van der Waals surface area contributed by atoms with Crippen LogP contribution < -0.4 is 10.1 Å². The van der Waals surface area contributed by atoms with Gasteiger partial charge in [-0.2, -0.15) is 0 Å². The first kappa shape index (κ1) is 15.3. The molecule has 1 aliphatic rings. The zero-order valence-corrected chi connectivity index (χ0v) is 13.2. The van der Waals surface area contributed by atoms with Gasteiger partial charge in [0.2, 0.25) is 0 Å². The summed E-state index contributed by atoms with van der Waals surface area (Å²) in [4.78, 5) is 2.25. The number of rotatable bonds is 8. The van der Waals surface area contributed by atoms with Gasteiger partial charge in [0.1, 0.15) is 5.75 Å². The maximum absolute atomic E-state index is 5.25.